The lowest BCUT2D eigenvalue weighted by molar-refractivity contribution is -0.146. The molecule has 1 N–H and O–H groups in total. The average Bonchev–Trinajstić information content (AvgIpc) is 3.25. The Balaban J connectivity index is 1.38. The van der Waals surface area contributed by atoms with Gasteiger partial charge in [-0.3, -0.25) is 9.59 Å². The van der Waals surface area contributed by atoms with Crippen molar-refractivity contribution in [3.8, 4) is 0 Å². The molecule has 0 aromatic heterocycles. The molecule has 4 nitrogen and oxygen atoms in total. The van der Waals surface area contributed by atoms with Crippen molar-refractivity contribution < 1.29 is 14.3 Å². The molecule has 2 saturated carbocycles. The predicted molar refractivity (Wildman–Crippen MR) is 112 cm³/mol. The van der Waals surface area contributed by atoms with Gasteiger partial charge in [0.25, 0.3) is 5.91 Å². The second-order valence-corrected chi connectivity index (χ2v) is 9.88. The van der Waals surface area contributed by atoms with Gasteiger partial charge in [-0.15, -0.1) is 11.8 Å². The number of halogens is 1. The summed E-state index contributed by atoms with van der Waals surface area (Å²) in [4.78, 5) is 25.2. The van der Waals surface area contributed by atoms with Gasteiger partial charge in [0, 0.05) is 15.4 Å². The highest BCUT2D eigenvalue weighted by Gasteiger charge is 2.42. The predicted octanol–water partition coefficient (Wildman–Crippen LogP) is 4.64. The zero-order valence-corrected chi connectivity index (χ0v) is 18.6. The van der Waals surface area contributed by atoms with Gasteiger partial charge >= 0.3 is 5.97 Å². The van der Waals surface area contributed by atoms with Gasteiger partial charge in [-0.05, 0) is 81.0 Å². The van der Waals surface area contributed by atoms with Crippen molar-refractivity contribution in [2.24, 2.45) is 17.8 Å². The van der Waals surface area contributed by atoms with Gasteiger partial charge in [0.1, 0.15) is 0 Å². The number of esters is 1. The van der Waals surface area contributed by atoms with Crippen LogP contribution in [0.5, 0.6) is 0 Å². The fourth-order valence-corrected chi connectivity index (χ4v) is 5.90. The minimum atomic E-state index is -0.359. The summed E-state index contributed by atoms with van der Waals surface area (Å²) in [6, 6.07) is 4.27. The molecule has 1 aromatic rings. The molecule has 0 saturated heterocycles. The van der Waals surface area contributed by atoms with Crippen molar-refractivity contribution >= 4 is 39.6 Å². The molecule has 0 spiro atoms. The van der Waals surface area contributed by atoms with Crippen molar-refractivity contribution in [3.63, 3.8) is 0 Å². The van der Waals surface area contributed by atoms with Gasteiger partial charge in [-0.2, -0.15) is 0 Å². The maximum Gasteiger partial charge on any atom is 0.316 e. The molecule has 4 atom stereocenters. The first-order valence-corrected chi connectivity index (χ1v) is 11.5. The standard InChI is InChI=1S/C21H28BrNO3S/c1-12-7-19(13(2)6-18(12)22)27-11-21(25)26-10-20(24)23-14(3)17-9-15-4-5-16(17)8-15/h6-7,14-17H,4-5,8-11H2,1-3H3,(H,23,24)/t14-,15+,16+,17+/m1/s1. The number of amides is 1. The highest BCUT2D eigenvalue weighted by atomic mass is 79.9. The lowest BCUT2D eigenvalue weighted by Gasteiger charge is -2.28. The number of hydrogen-bond donors (Lipinski definition) is 1. The molecule has 148 valence electrons. The van der Waals surface area contributed by atoms with Gasteiger partial charge in [0.05, 0.1) is 5.75 Å². The first-order chi connectivity index (χ1) is 12.8. The van der Waals surface area contributed by atoms with E-state index in [1.165, 1.54) is 37.4 Å². The molecule has 0 aliphatic heterocycles. The number of fused-ring (bicyclic) bond motifs is 2. The molecular weight excluding hydrogens is 426 g/mol. The number of carbonyl (C=O) groups is 2. The van der Waals surface area contributed by atoms with Gasteiger partial charge in [-0.1, -0.05) is 22.4 Å². The summed E-state index contributed by atoms with van der Waals surface area (Å²) in [5, 5.41) is 3.03. The Kier molecular flexibility index (Phi) is 6.90. The number of carbonyl (C=O) groups excluding carboxylic acids is 2. The Hall–Kier alpha value is -1.01. The van der Waals surface area contributed by atoms with Gasteiger partial charge < -0.3 is 10.1 Å². The Morgan fingerprint density at radius 1 is 1.26 bits per heavy atom. The summed E-state index contributed by atoms with van der Waals surface area (Å²) in [5.74, 6) is 1.86. The summed E-state index contributed by atoms with van der Waals surface area (Å²) >= 11 is 4.96. The molecule has 2 fully saturated rings. The molecule has 1 aromatic carbocycles. The largest absolute Gasteiger partial charge is 0.455 e. The molecule has 27 heavy (non-hydrogen) atoms. The number of nitrogens with one attached hydrogen (secondary N) is 1. The topological polar surface area (TPSA) is 55.4 Å². The normalized spacial score (nSPS) is 24.7. The second kappa shape index (κ2) is 8.99. The van der Waals surface area contributed by atoms with E-state index >= 15 is 0 Å². The van der Waals surface area contributed by atoms with Crippen LogP contribution in [0.15, 0.2) is 21.5 Å². The SMILES string of the molecule is Cc1cc(SCC(=O)OCC(=O)N[C@H](C)[C@@H]2C[C@H]3CC[C@H]2C3)c(C)cc1Br. The van der Waals surface area contributed by atoms with E-state index in [1.807, 2.05) is 19.9 Å². The van der Waals surface area contributed by atoms with Gasteiger partial charge in [-0.25, -0.2) is 0 Å². The van der Waals surface area contributed by atoms with E-state index in [0.717, 1.165) is 32.3 Å². The highest BCUT2D eigenvalue weighted by Crippen LogP contribution is 2.49. The quantitative estimate of drug-likeness (QED) is 0.482. The van der Waals surface area contributed by atoms with Crippen LogP contribution in [0.3, 0.4) is 0 Å². The highest BCUT2D eigenvalue weighted by molar-refractivity contribution is 9.10. The summed E-state index contributed by atoms with van der Waals surface area (Å²) < 4.78 is 6.23. The van der Waals surface area contributed by atoms with Gasteiger partial charge in [0.2, 0.25) is 0 Å². The lowest BCUT2D eigenvalue weighted by Crippen LogP contribution is -2.42. The fraction of sp³-hybridized carbons (Fsp3) is 0.619. The minimum Gasteiger partial charge on any atom is -0.455 e. The molecule has 0 radical (unpaired) electrons. The third-order valence-electron chi connectivity index (χ3n) is 5.99. The number of ether oxygens (including phenoxy) is 1. The van der Waals surface area contributed by atoms with Crippen molar-refractivity contribution in [2.75, 3.05) is 12.4 Å². The first kappa shape index (κ1) is 20.7. The molecule has 6 heteroatoms. The summed E-state index contributed by atoms with van der Waals surface area (Å²) in [7, 11) is 0. The van der Waals surface area contributed by atoms with E-state index in [9.17, 15) is 9.59 Å². The second-order valence-electron chi connectivity index (χ2n) is 8.01. The van der Waals surface area contributed by atoms with E-state index in [2.05, 4.69) is 34.2 Å². The number of hydrogen-bond acceptors (Lipinski definition) is 4. The molecule has 2 bridgehead atoms. The zero-order valence-electron chi connectivity index (χ0n) is 16.2. The Morgan fingerprint density at radius 3 is 2.70 bits per heavy atom. The van der Waals surface area contributed by atoms with Crippen LogP contribution in [0.2, 0.25) is 0 Å². The summed E-state index contributed by atoms with van der Waals surface area (Å²) in [6.45, 7) is 5.93. The van der Waals surface area contributed by atoms with Crippen LogP contribution in [-0.4, -0.2) is 30.3 Å². The summed E-state index contributed by atoms with van der Waals surface area (Å²) in [6.07, 6.45) is 5.21. The fourth-order valence-electron chi connectivity index (χ4n) is 4.54. The number of thioether (sulfide) groups is 1. The van der Waals surface area contributed by atoms with Crippen LogP contribution in [0.25, 0.3) is 0 Å². The van der Waals surface area contributed by atoms with Crippen molar-refractivity contribution in [1.82, 2.24) is 5.32 Å². The van der Waals surface area contributed by atoms with Crippen LogP contribution < -0.4 is 5.32 Å². The van der Waals surface area contributed by atoms with Crippen LogP contribution in [0, 0.1) is 31.6 Å². The van der Waals surface area contributed by atoms with Crippen molar-refractivity contribution in [2.45, 2.75) is 57.4 Å². The van der Waals surface area contributed by atoms with Crippen LogP contribution in [0.4, 0.5) is 0 Å². The molecular formula is C21H28BrNO3S. The molecule has 2 aliphatic rings. The van der Waals surface area contributed by atoms with Crippen molar-refractivity contribution in [1.29, 1.82) is 0 Å². The van der Waals surface area contributed by atoms with E-state index in [0.29, 0.717) is 5.92 Å². The molecule has 0 unspecified atom stereocenters. The maximum absolute atomic E-state index is 12.1. The number of rotatable bonds is 7. The maximum atomic E-state index is 12.1. The average molecular weight is 454 g/mol. The van der Waals surface area contributed by atoms with E-state index in [-0.39, 0.29) is 30.3 Å². The smallest absolute Gasteiger partial charge is 0.316 e. The lowest BCUT2D eigenvalue weighted by atomic mass is 9.84. The van der Waals surface area contributed by atoms with Crippen LogP contribution >= 0.6 is 27.7 Å². The molecule has 2 aliphatic carbocycles. The monoisotopic (exact) mass is 453 g/mol. The van der Waals surface area contributed by atoms with Gasteiger partial charge in [0.15, 0.2) is 6.61 Å². The number of aryl methyl sites for hydroxylation is 2. The third-order valence-corrected chi connectivity index (χ3v) is 7.97. The van der Waals surface area contributed by atoms with E-state index in [4.69, 9.17) is 4.74 Å². The number of benzene rings is 1. The molecule has 0 heterocycles. The molecule has 3 rings (SSSR count). The van der Waals surface area contributed by atoms with E-state index in [1.54, 1.807) is 0 Å². The minimum absolute atomic E-state index is 0.161. The first-order valence-electron chi connectivity index (χ1n) is 9.68. The van der Waals surface area contributed by atoms with Crippen LogP contribution in [-0.2, 0) is 14.3 Å². The Labute approximate surface area is 174 Å². The van der Waals surface area contributed by atoms with Crippen LogP contribution in [0.1, 0.15) is 43.7 Å². The zero-order chi connectivity index (χ0) is 19.6. The Bertz CT molecular complexity index is 724. The molecule has 1 amide bonds. The summed E-state index contributed by atoms with van der Waals surface area (Å²) in [5.41, 5.74) is 2.24. The Morgan fingerprint density at radius 2 is 2.04 bits per heavy atom. The van der Waals surface area contributed by atoms with Crippen molar-refractivity contribution in [3.05, 3.63) is 27.7 Å². The van der Waals surface area contributed by atoms with E-state index < -0.39 is 0 Å². The third kappa shape index (κ3) is 5.29.